The second-order valence-electron chi connectivity index (χ2n) is 3.67. The number of pyridine rings is 1. The molecule has 0 aliphatic heterocycles. The summed E-state index contributed by atoms with van der Waals surface area (Å²) in [6.45, 7) is 0.564. The number of nitrogens with zero attached hydrogens (tertiary/aromatic N) is 2. The highest BCUT2D eigenvalue weighted by Gasteiger charge is 2.07. The quantitative estimate of drug-likeness (QED) is 0.858. The van der Waals surface area contributed by atoms with E-state index in [-0.39, 0.29) is 5.91 Å². The van der Waals surface area contributed by atoms with E-state index in [2.05, 4.69) is 20.6 Å². The van der Waals surface area contributed by atoms with Crippen LogP contribution in [-0.2, 0) is 6.42 Å². The van der Waals surface area contributed by atoms with Crippen molar-refractivity contribution in [3.05, 3.63) is 40.6 Å². The van der Waals surface area contributed by atoms with E-state index in [9.17, 15) is 4.79 Å². The molecule has 2 heterocycles. The van der Waals surface area contributed by atoms with Gasteiger partial charge in [-0.3, -0.25) is 9.78 Å². The smallest absolute Gasteiger partial charge is 0.269 e. The number of anilines is 1. The highest BCUT2D eigenvalue weighted by atomic mass is 32.1. The second-order valence-corrected chi connectivity index (χ2v) is 4.38. The normalized spacial score (nSPS) is 10.1. The maximum Gasteiger partial charge on any atom is 0.269 e. The summed E-state index contributed by atoms with van der Waals surface area (Å²) in [5, 5.41) is 7.77. The minimum Gasteiger partial charge on any atom is -0.388 e. The van der Waals surface area contributed by atoms with Gasteiger partial charge in [-0.25, -0.2) is 4.98 Å². The Morgan fingerprint density at radius 3 is 3.06 bits per heavy atom. The van der Waals surface area contributed by atoms with Gasteiger partial charge in [0.1, 0.15) is 5.69 Å². The first-order valence-corrected chi connectivity index (χ1v) is 6.53. The van der Waals surface area contributed by atoms with Crippen molar-refractivity contribution in [3.8, 4) is 0 Å². The zero-order valence-electron chi connectivity index (χ0n) is 10.0. The van der Waals surface area contributed by atoms with Gasteiger partial charge in [0.25, 0.3) is 5.91 Å². The average molecular weight is 262 g/mol. The molecule has 0 saturated heterocycles. The number of hydrogen-bond donors (Lipinski definition) is 2. The monoisotopic (exact) mass is 262 g/mol. The highest BCUT2D eigenvalue weighted by Crippen LogP contribution is 2.06. The molecule has 2 N–H and O–H groups in total. The fourth-order valence-corrected chi connectivity index (χ4v) is 2.06. The predicted octanol–water partition coefficient (Wildman–Crippen LogP) is 1.55. The van der Waals surface area contributed by atoms with Crippen molar-refractivity contribution in [2.24, 2.45) is 0 Å². The molecule has 2 aromatic heterocycles. The van der Waals surface area contributed by atoms with Gasteiger partial charge in [0.15, 0.2) is 0 Å². The third-order valence-corrected chi connectivity index (χ3v) is 3.07. The number of carbonyl (C=O) groups is 1. The standard InChI is InChI=1S/C12H14N4OS/c1-13-9-2-4-14-11(6-9)12(17)15-5-3-10-7-18-8-16-10/h2,4,6-8H,3,5H2,1H3,(H,13,14)(H,15,17). The largest absolute Gasteiger partial charge is 0.388 e. The topological polar surface area (TPSA) is 66.9 Å². The Balaban J connectivity index is 1.87. The summed E-state index contributed by atoms with van der Waals surface area (Å²) in [4.78, 5) is 20.0. The zero-order valence-corrected chi connectivity index (χ0v) is 10.8. The summed E-state index contributed by atoms with van der Waals surface area (Å²) < 4.78 is 0. The number of nitrogens with one attached hydrogen (secondary N) is 2. The molecular weight excluding hydrogens is 248 g/mol. The molecule has 0 spiro atoms. The van der Waals surface area contributed by atoms with Gasteiger partial charge in [-0.1, -0.05) is 0 Å². The van der Waals surface area contributed by atoms with Crippen molar-refractivity contribution in [1.82, 2.24) is 15.3 Å². The van der Waals surface area contributed by atoms with E-state index in [1.807, 2.05) is 11.4 Å². The summed E-state index contributed by atoms with van der Waals surface area (Å²) in [5.74, 6) is -0.165. The van der Waals surface area contributed by atoms with Gasteiger partial charge in [-0.15, -0.1) is 11.3 Å². The SMILES string of the molecule is CNc1ccnc(C(=O)NCCc2cscn2)c1. The molecule has 0 atom stereocenters. The van der Waals surface area contributed by atoms with Crippen LogP contribution in [0.2, 0.25) is 0 Å². The van der Waals surface area contributed by atoms with Gasteiger partial charge in [-0.05, 0) is 12.1 Å². The minimum atomic E-state index is -0.165. The molecule has 0 aliphatic carbocycles. The third kappa shape index (κ3) is 3.27. The van der Waals surface area contributed by atoms with Crippen LogP contribution in [0.3, 0.4) is 0 Å². The molecule has 2 aromatic rings. The maximum atomic E-state index is 11.8. The molecule has 0 aliphatic rings. The number of amides is 1. The summed E-state index contributed by atoms with van der Waals surface area (Å²) in [7, 11) is 1.80. The molecule has 6 heteroatoms. The maximum absolute atomic E-state index is 11.8. The lowest BCUT2D eigenvalue weighted by atomic mass is 10.3. The molecule has 1 amide bonds. The summed E-state index contributed by atoms with van der Waals surface area (Å²) in [6, 6.07) is 3.53. The number of rotatable bonds is 5. The highest BCUT2D eigenvalue weighted by molar-refractivity contribution is 7.07. The van der Waals surface area contributed by atoms with Crippen LogP contribution in [0.4, 0.5) is 5.69 Å². The number of thiazole rings is 1. The minimum absolute atomic E-state index is 0.165. The molecule has 0 saturated carbocycles. The van der Waals surface area contributed by atoms with Crippen LogP contribution < -0.4 is 10.6 Å². The molecule has 0 radical (unpaired) electrons. The van der Waals surface area contributed by atoms with Gasteiger partial charge in [0, 0.05) is 37.3 Å². The van der Waals surface area contributed by atoms with Crippen molar-refractivity contribution in [3.63, 3.8) is 0 Å². The first-order chi connectivity index (χ1) is 8.79. The fraction of sp³-hybridized carbons (Fsp3) is 0.250. The van der Waals surface area contributed by atoms with Crippen LogP contribution in [0.5, 0.6) is 0 Å². The van der Waals surface area contributed by atoms with Gasteiger partial charge < -0.3 is 10.6 Å². The molecule has 0 bridgehead atoms. The van der Waals surface area contributed by atoms with Gasteiger partial charge in [-0.2, -0.15) is 0 Å². The van der Waals surface area contributed by atoms with Crippen LogP contribution in [0.15, 0.2) is 29.2 Å². The summed E-state index contributed by atoms with van der Waals surface area (Å²) in [6.07, 6.45) is 2.35. The van der Waals surface area contributed by atoms with Crippen LogP contribution in [0.25, 0.3) is 0 Å². The third-order valence-electron chi connectivity index (χ3n) is 2.43. The lowest BCUT2D eigenvalue weighted by molar-refractivity contribution is 0.0949. The van der Waals surface area contributed by atoms with Crippen molar-refractivity contribution < 1.29 is 4.79 Å². The molecule has 0 unspecified atom stereocenters. The van der Waals surface area contributed by atoms with E-state index >= 15 is 0 Å². The molecule has 2 rings (SSSR count). The Morgan fingerprint density at radius 2 is 2.33 bits per heavy atom. The van der Waals surface area contributed by atoms with Gasteiger partial charge in [0.2, 0.25) is 0 Å². The van der Waals surface area contributed by atoms with Crippen molar-refractivity contribution in [1.29, 1.82) is 0 Å². The van der Waals surface area contributed by atoms with Crippen LogP contribution in [0.1, 0.15) is 16.2 Å². The van der Waals surface area contributed by atoms with E-state index in [0.717, 1.165) is 17.8 Å². The molecule has 5 nitrogen and oxygen atoms in total. The number of aromatic nitrogens is 2. The van der Waals surface area contributed by atoms with E-state index in [0.29, 0.717) is 12.2 Å². The lowest BCUT2D eigenvalue weighted by Gasteiger charge is -2.05. The number of carbonyl (C=O) groups excluding carboxylic acids is 1. The Hall–Kier alpha value is -1.95. The molecule has 94 valence electrons. The number of hydrogen-bond acceptors (Lipinski definition) is 5. The molecular formula is C12H14N4OS. The first-order valence-electron chi connectivity index (χ1n) is 5.58. The lowest BCUT2D eigenvalue weighted by Crippen LogP contribution is -2.26. The van der Waals surface area contributed by atoms with E-state index in [1.165, 1.54) is 0 Å². The Bertz CT molecular complexity index is 513. The van der Waals surface area contributed by atoms with Crippen molar-refractivity contribution in [2.45, 2.75) is 6.42 Å². The van der Waals surface area contributed by atoms with E-state index in [4.69, 9.17) is 0 Å². The fourth-order valence-electron chi connectivity index (χ4n) is 1.47. The Kier molecular flexibility index (Phi) is 4.25. The summed E-state index contributed by atoms with van der Waals surface area (Å²) in [5.41, 5.74) is 4.07. The second kappa shape index (κ2) is 6.11. The van der Waals surface area contributed by atoms with Crippen LogP contribution in [0, 0.1) is 0 Å². The predicted molar refractivity (Wildman–Crippen MR) is 71.9 cm³/mol. The Labute approximate surface area is 109 Å². The van der Waals surface area contributed by atoms with Crippen LogP contribution in [-0.4, -0.2) is 29.5 Å². The van der Waals surface area contributed by atoms with Gasteiger partial charge >= 0.3 is 0 Å². The first kappa shape index (κ1) is 12.5. The Morgan fingerprint density at radius 1 is 1.44 bits per heavy atom. The zero-order chi connectivity index (χ0) is 12.8. The molecule has 0 fully saturated rings. The average Bonchev–Trinajstić information content (AvgIpc) is 2.92. The van der Waals surface area contributed by atoms with Crippen molar-refractivity contribution in [2.75, 3.05) is 18.9 Å². The molecule has 0 aromatic carbocycles. The van der Waals surface area contributed by atoms with E-state index < -0.39 is 0 Å². The van der Waals surface area contributed by atoms with Gasteiger partial charge in [0.05, 0.1) is 11.2 Å². The van der Waals surface area contributed by atoms with Crippen LogP contribution >= 0.6 is 11.3 Å². The van der Waals surface area contributed by atoms with E-state index in [1.54, 1.807) is 36.2 Å². The van der Waals surface area contributed by atoms with Crippen molar-refractivity contribution >= 4 is 22.9 Å². The summed E-state index contributed by atoms with van der Waals surface area (Å²) >= 11 is 1.56. The molecule has 18 heavy (non-hydrogen) atoms.